The van der Waals surface area contributed by atoms with Crippen LogP contribution in [-0.4, -0.2) is 61.1 Å². The summed E-state index contributed by atoms with van der Waals surface area (Å²) in [5, 5.41) is 13.8. The zero-order chi connectivity index (χ0) is 16.2. The summed E-state index contributed by atoms with van der Waals surface area (Å²) in [6.45, 7) is 1.81. The van der Waals surface area contributed by atoms with Crippen molar-refractivity contribution in [2.24, 2.45) is 0 Å². The summed E-state index contributed by atoms with van der Waals surface area (Å²) in [6.07, 6.45) is 4.72. The van der Waals surface area contributed by atoms with Gasteiger partial charge in [-0.1, -0.05) is 11.8 Å². The van der Waals surface area contributed by atoms with Gasteiger partial charge in [0.1, 0.15) is 5.39 Å². The average Bonchev–Trinajstić information content (AvgIpc) is 2.97. The first kappa shape index (κ1) is 16.0. The molecule has 2 aromatic rings. The van der Waals surface area contributed by atoms with Crippen molar-refractivity contribution in [2.45, 2.75) is 31.0 Å². The molecule has 0 bridgehead atoms. The van der Waals surface area contributed by atoms with E-state index in [1.807, 2.05) is 4.90 Å². The third kappa shape index (κ3) is 3.56. The summed E-state index contributed by atoms with van der Waals surface area (Å²) in [5.74, 6) is 0.323. The third-order valence-electron chi connectivity index (χ3n) is 3.84. The number of aromatic nitrogens is 4. The molecule has 1 amide bonds. The maximum absolute atomic E-state index is 12.2. The number of carbonyl (C=O) groups excluding carboxylic acids is 1. The largest absolute Gasteiger partial charge is 0.394 e. The minimum Gasteiger partial charge on any atom is -0.394 e. The summed E-state index contributed by atoms with van der Waals surface area (Å²) in [4.78, 5) is 33.1. The van der Waals surface area contributed by atoms with Gasteiger partial charge in [-0.2, -0.15) is 5.10 Å². The van der Waals surface area contributed by atoms with Crippen LogP contribution >= 0.6 is 11.8 Å². The average molecular weight is 337 g/mol. The summed E-state index contributed by atoms with van der Waals surface area (Å²) in [5.41, 5.74) is 0.142. The van der Waals surface area contributed by atoms with Gasteiger partial charge in [0, 0.05) is 13.1 Å². The number of rotatable bonds is 5. The fourth-order valence-corrected chi connectivity index (χ4v) is 3.40. The van der Waals surface area contributed by atoms with Crippen LogP contribution in [0.4, 0.5) is 0 Å². The zero-order valence-electron chi connectivity index (χ0n) is 12.7. The van der Waals surface area contributed by atoms with Gasteiger partial charge in [-0.3, -0.25) is 9.59 Å². The lowest BCUT2D eigenvalue weighted by molar-refractivity contribution is -0.129. The van der Waals surface area contributed by atoms with Gasteiger partial charge < -0.3 is 15.0 Å². The fraction of sp³-hybridized carbons (Fsp3) is 0.571. The van der Waals surface area contributed by atoms with E-state index in [1.54, 1.807) is 0 Å². The molecule has 0 saturated carbocycles. The fourth-order valence-electron chi connectivity index (χ4n) is 2.64. The van der Waals surface area contributed by atoms with E-state index in [4.69, 9.17) is 5.11 Å². The lowest BCUT2D eigenvalue weighted by atomic mass is 10.1. The first-order valence-electron chi connectivity index (χ1n) is 7.66. The summed E-state index contributed by atoms with van der Waals surface area (Å²) >= 11 is 1.22. The highest BCUT2D eigenvalue weighted by Gasteiger charge is 2.17. The van der Waals surface area contributed by atoms with Gasteiger partial charge in [-0.05, 0) is 19.3 Å². The van der Waals surface area contributed by atoms with Gasteiger partial charge in [0.25, 0.3) is 5.56 Å². The normalized spacial score (nSPS) is 15.3. The van der Waals surface area contributed by atoms with Crippen molar-refractivity contribution >= 4 is 28.7 Å². The Labute approximate surface area is 136 Å². The summed E-state index contributed by atoms with van der Waals surface area (Å²) in [6, 6.07) is 0. The number of likely N-dealkylation sites (tertiary alicyclic amines) is 1. The molecule has 0 atom stereocenters. The highest BCUT2D eigenvalue weighted by Crippen LogP contribution is 2.17. The van der Waals surface area contributed by atoms with Crippen LogP contribution in [-0.2, 0) is 11.3 Å². The van der Waals surface area contributed by atoms with Gasteiger partial charge in [0.2, 0.25) is 5.91 Å². The van der Waals surface area contributed by atoms with Crippen LogP contribution < -0.4 is 5.56 Å². The number of nitrogens with zero attached hydrogens (tertiary/aromatic N) is 4. The number of piperidine rings is 1. The lowest BCUT2D eigenvalue weighted by Crippen LogP contribution is -2.36. The second kappa shape index (κ2) is 7.14. The molecular formula is C14H19N5O3S. The van der Waals surface area contributed by atoms with Crippen LogP contribution in [0.15, 0.2) is 16.1 Å². The van der Waals surface area contributed by atoms with Crippen LogP contribution in [0, 0.1) is 0 Å². The standard InChI is InChI=1S/C14H19N5O3S/c20-7-6-19-12-10(8-15-19)13(22)17-14(16-12)23-9-11(21)18-4-2-1-3-5-18/h8,20H,1-7,9H2,(H,16,17,22). The predicted octanol–water partition coefficient (Wildman–Crippen LogP) is 0.216. The molecule has 0 aliphatic carbocycles. The van der Waals surface area contributed by atoms with E-state index < -0.39 is 0 Å². The Morgan fingerprint density at radius 3 is 2.87 bits per heavy atom. The number of aliphatic hydroxyl groups excluding tert-OH is 1. The predicted molar refractivity (Wildman–Crippen MR) is 86.4 cm³/mol. The monoisotopic (exact) mass is 337 g/mol. The van der Waals surface area contributed by atoms with E-state index in [2.05, 4.69) is 15.1 Å². The number of aromatic amines is 1. The van der Waals surface area contributed by atoms with Crippen molar-refractivity contribution < 1.29 is 9.90 Å². The second-order valence-electron chi connectivity index (χ2n) is 5.43. The smallest absolute Gasteiger partial charge is 0.262 e. The highest BCUT2D eigenvalue weighted by molar-refractivity contribution is 7.99. The number of aliphatic hydroxyl groups is 1. The molecule has 124 valence electrons. The van der Waals surface area contributed by atoms with Crippen molar-refractivity contribution in [1.29, 1.82) is 0 Å². The summed E-state index contributed by atoms with van der Waals surface area (Å²) < 4.78 is 1.49. The van der Waals surface area contributed by atoms with Crippen LogP contribution in [0.3, 0.4) is 0 Å². The van der Waals surface area contributed by atoms with Gasteiger partial charge in [0.15, 0.2) is 10.8 Å². The zero-order valence-corrected chi connectivity index (χ0v) is 13.5. The van der Waals surface area contributed by atoms with Gasteiger partial charge in [-0.25, -0.2) is 9.67 Å². The highest BCUT2D eigenvalue weighted by atomic mass is 32.2. The van der Waals surface area contributed by atoms with Crippen LogP contribution in [0.2, 0.25) is 0 Å². The van der Waals surface area contributed by atoms with Crippen LogP contribution in [0.5, 0.6) is 0 Å². The molecule has 2 N–H and O–H groups in total. The molecule has 1 saturated heterocycles. The Morgan fingerprint density at radius 2 is 2.13 bits per heavy atom. The summed E-state index contributed by atoms with van der Waals surface area (Å²) in [7, 11) is 0. The minimum atomic E-state index is -0.285. The third-order valence-corrected chi connectivity index (χ3v) is 4.70. The Bertz CT molecular complexity index is 750. The minimum absolute atomic E-state index is 0.0707. The van der Waals surface area contributed by atoms with Crippen LogP contribution in [0.1, 0.15) is 19.3 Å². The molecule has 3 heterocycles. The van der Waals surface area contributed by atoms with Crippen molar-refractivity contribution in [3.8, 4) is 0 Å². The van der Waals surface area contributed by atoms with Crippen LogP contribution in [0.25, 0.3) is 11.0 Å². The molecule has 0 spiro atoms. The number of H-pyrrole nitrogens is 1. The first-order chi connectivity index (χ1) is 11.2. The Hall–Kier alpha value is -1.87. The molecule has 3 rings (SSSR count). The lowest BCUT2D eigenvalue weighted by Gasteiger charge is -2.26. The van der Waals surface area contributed by atoms with E-state index in [-0.39, 0.29) is 30.4 Å². The van der Waals surface area contributed by atoms with Gasteiger partial charge in [-0.15, -0.1) is 0 Å². The Balaban J connectivity index is 1.73. The second-order valence-corrected chi connectivity index (χ2v) is 6.39. The van der Waals surface area contributed by atoms with E-state index in [0.29, 0.717) is 16.2 Å². The molecule has 1 aliphatic rings. The molecule has 23 heavy (non-hydrogen) atoms. The van der Waals surface area contributed by atoms with Gasteiger partial charge >= 0.3 is 0 Å². The molecule has 9 heteroatoms. The molecule has 8 nitrogen and oxygen atoms in total. The molecule has 1 aliphatic heterocycles. The maximum Gasteiger partial charge on any atom is 0.262 e. The SMILES string of the molecule is O=C(CSc1nc2c(cnn2CCO)c(=O)[nH]1)N1CCCCC1. The molecule has 0 radical (unpaired) electrons. The number of carbonyl (C=O) groups is 1. The molecule has 2 aromatic heterocycles. The topological polar surface area (TPSA) is 104 Å². The van der Waals surface area contributed by atoms with E-state index in [9.17, 15) is 9.59 Å². The number of hydrogen-bond acceptors (Lipinski definition) is 6. The first-order valence-corrected chi connectivity index (χ1v) is 8.65. The van der Waals surface area contributed by atoms with Crippen molar-refractivity contribution in [3.63, 3.8) is 0 Å². The van der Waals surface area contributed by atoms with Crippen molar-refractivity contribution in [3.05, 3.63) is 16.6 Å². The Morgan fingerprint density at radius 1 is 1.35 bits per heavy atom. The molecular weight excluding hydrogens is 318 g/mol. The van der Waals surface area contributed by atoms with E-state index in [0.717, 1.165) is 25.9 Å². The number of nitrogens with one attached hydrogen (secondary N) is 1. The molecule has 0 aromatic carbocycles. The molecule has 0 unspecified atom stereocenters. The maximum atomic E-state index is 12.2. The van der Waals surface area contributed by atoms with Gasteiger partial charge in [0.05, 0.1) is 25.1 Å². The Kier molecular flexibility index (Phi) is 4.97. The number of fused-ring (bicyclic) bond motifs is 1. The van der Waals surface area contributed by atoms with E-state index >= 15 is 0 Å². The number of hydrogen-bond donors (Lipinski definition) is 2. The van der Waals surface area contributed by atoms with Crippen molar-refractivity contribution in [2.75, 3.05) is 25.4 Å². The van der Waals surface area contributed by atoms with E-state index in [1.165, 1.54) is 29.1 Å². The number of amides is 1. The quantitative estimate of drug-likeness (QED) is 0.597. The van der Waals surface area contributed by atoms with Crippen molar-refractivity contribution in [1.82, 2.24) is 24.6 Å². The number of thioether (sulfide) groups is 1. The molecule has 1 fully saturated rings.